The first kappa shape index (κ1) is 13.2. The molecule has 0 amide bonds. The molecule has 2 heteroatoms. The Labute approximate surface area is 139 Å². The highest BCUT2D eigenvalue weighted by atomic mass is 14.8. The summed E-state index contributed by atoms with van der Waals surface area (Å²) in [6.07, 6.45) is 0. The standard InChI is InChI=1S/C22H14N2/c1-2-7-17-14-22-18(13-16(17)6-1)10-12-21(24-22)20-11-9-15-5-3-4-8-19(15)23-20/h1-14H. The Bertz CT molecular complexity index is 1210. The molecule has 0 atom stereocenters. The molecule has 0 saturated heterocycles. The summed E-state index contributed by atoms with van der Waals surface area (Å²) in [5, 5.41) is 4.75. The summed E-state index contributed by atoms with van der Waals surface area (Å²) in [4.78, 5) is 9.59. The molecule has 5 aromatic rings. The Kier molecular flexibility index (Phi) is 2.83. The molecule has 0 bridgehead atoms. The zero-order valence-corrected chi connectivity index (χ0v) is 13.0. The van der Waals surface area contributed by atoms with Gasteiger partial charge in [0.2, 0.25) is 0 Å². The minimum absolute atomic E-state index is 0.906. The van der Waals surface area contributed by atoms with Crippen LogP contribution in [0.3, 0.4) is 0 Å². The second kappa shape index (κ2) is 5.14. The van der Waals surface area contributed by atoms with Gasteiger partial charge >= 0.3 is 0 Å². The normalized spacial score (nSPS) is 11.3. The first-order chi connectivity index (χ1) is 11.9. The molecule has 0 aliphatic rings. The highest BCUT2D eigenvalue weighted by Gasteiger charge is 2.05. The molecular formula is C22H14N2. The second-order valence-electron chi connectivity index (χ2n) is 5.98. The molecule has 3 aromatic carbocycles. The maximum Gasteiger partial charge on any atom is 0.0894 e. The molecule has 112 valence electrons. The largest absolute Gasteiger partial charge is 0.246 e. The predicted octanol–water partition coefficient (Wildman–Crippen LogP) is 5.60. The van der Waals surface area contributed by atoms with Crippen molar-refractivity contribution >= 4 is 32.6 Å². The van der Waals surface area contributed by atoms with Crippen molar-refractivity contribution in [2.45, 2.75) is 0 Å². The lowest BCUT2D eigenvalue weighted by Crippen LogP contribution is -1.89. The zero-order chi connectivity index (χ0) is 15.9. The molecule has 0 N–H and O–H groups in total. The van der Waals surface area contributed by atoms with E-state index >= 15 is 0 Å². The fourth-order valence-corrected chi connectivity index (χ4v) is 3.16. The average Bonchev–Trinajstić information content (AvgIpc) is 2.65. The van der Waals surface area contributed by atoms with Crippen LogP contribution in [0.15, 0.2) is 84.9 Å². The first-order valence-electron chi connectivity index (χ1n) is 8.03. The summed E-state index contributed by atoms with van der Waals surface area (Å²) in [6, 6.07) is 29.2. The minimum atomic E-state index is 0.906. The van der Waals surface area contributed by atoms with Crippen LogP contribution in [-0.2, 0) is 0 Å². The van der Waals surface area contributed by atoms with Crippen molar-refractivity contribution in [3.05, 3.63) is 84.9 Å². The van der Waals surface area contributed by atoms with Crippen molar-refractivity contribution in [1.82, 2.24) is 9.97 Å². The lowest BCUT2D eigenvalue weighted by Gasteiger charge is -2.06. The minimum Gasteiger partial charge on any atom is -0.246 e. The van der Waals surface area contributed by atoms with Crippen LogP contribution in [0.4, 0.5) is 0 Å². The number of hydrogen-bond donors (Lipinski definition) is 0. The van der Waals surface area contributed by atoms with E-state index in [2.05, 4.69) is 54.6 Å². The van der Waals surface area contributed by atoms with Crippen LogP contribution in [0.25, 0.3) is 44.0 Å². The van der Waals surface area contributed by atoms with Crippen LogP contribution in [0.1, 0.15) is 0 Å². The summed E-state index contributed by atoms with van der Waals surface area (Å²) in [5.74, 6) is 0. The van der Waals surface area contributed by atoms with Crippen molar-refractivity contribution < 1.29 is 0 Å². The van der Waals surface area contributed by atoms with Gasteiger partial charge in [-0.15, -0.1) is 0 Å². The molecule has 5 rings (SSSR count). The molecular weight excluding hydrogens is 292 g/mol. The molecule has 0 aliphatic carbocycles. The highest BCUT2D eigenvalue weighted by molar-refractivity contribution is 5.97. The van der Waals surface area contributed by atoms with E-state index in [1.54, 1.807) is 0 Å². The van der Waals surface area contributed by atoms with Crippen LogP contribution in [-0.4, -0.2) is 9.97 Å². The van der Waals surface area contributed by atoms with Gasteiger partial charge in [0.25, 0.3) is 0 Å². The molecule has 0 unspecified atom stereocenters. The van der Waals surface area contributed by atoms with E-state index in [1.165, 1.54) is 10.8 Å². The summed E-state index contributed by atoms with van der Waals surface area (Å²) < 4.78 is 0. The molecule has 2 heterocycles. The maximum atomic E-state index is 4.84. The van der Waals surface area contributed by atoms with Gasteiger partial charge in [0.05, 0.1) is 22.4 Å². The number of pyridine rings is 2. The average molecular weight is 306 g/mol. The fourth-order valence-electron chi connectivity index (χ4n) is 3.16. The number of fused-ring (bicyclic) bond motifs is 3. The van der Waals surface area contributed by atoms with Crippen LogP contribution >= 0.6 is 0 Å². The summed E-state index contributed by atoms with van der Waals surface area (Å²) in [6.45, 7) is 0. The molecule has 0 fully saturated rings. The smallest absolute Gasteiger partial charge is 0.0894 e. The molecule has 2 nitrogen and oxygen atoms in total. The summed E-state index contributed by atoms with van der Waals surface area (Å²) in [7, 11) is 0. The SMILES string of the molecule is c1ccc2cc3nc(-c4ccc5ccccc5n4)ccc3cc2c1. The van der Waals surface area contributed by atoms with Crippen LogP contribution in [0, 0.1) is 0 Å². The Morgan fingerprint density at radius 3 is 1.79 bits per heavy atom. The van der Waals surface area contributed by atoms with Crippen molar-refractivity contribution in [1.29, 1.82) is 0 Å². The van der Waals surface area contributed by atoms with E-state index in [1.807, 2.05) is 30.3 Å². The van der Waals surface area contributed by atoms with Gasteiger partial charge in [0.1, 0.15) is 0 Å². The Morgan fingerprint density at radius 1 is 0.417 bits per heavy atom. The topological polar surface area (TPSA) is 25.8 Å². The van der Waals surface area contributed by atoms with Gasteiger partial charge in [-0.3, -0.25) is 0 Å². The van der Waals surface area contributed by atoms with Crippen molar-refractivity contribution in [3.63, 3.8) is 0 Å². The summed E-state index contributed by atoms with van der Waals surface area (Å²) >= 11 is 0. The van der Waals surface area contributed by atoms with E-state index in [4.69, 9.17) is 9.97 Å². The van der Waals surface area contributed by atoms with Crippen molar-refractivity contribution in [3.8, 4) is 11.4 Å². The molecule has 2 aromatic heterocycles. The van der Waals surface area contributed by atoms with Crippen LogP contribution < -0.4 is 0 Å². The lowest BCUT2D eigenvalue weighted by molar-refractivity contribution is 1.32. The van der Waals surface area contributed by atoms with E-state index in [0.717, 1.165) is 33.2 Å². The number of para-hydroxylation sites is 1. The van der Waals surface area contributed by atoms with Crippen molar-refractivity contribution in [2.24, 2.45) is 0 Å². The van der Waals surface area contributed by atoms with Crippen LogP contribution in [0.5, 0.6) is 0 Å². The molecule has 0 radical (unpaired) electrons. The second-order valence-corrected chi connectivity index (χ2v) is 5.98. The molecule has 0 saturated carbocycles. The Balaban J connectivity index is 1.71. The molecule has 24 heavy (non-hydrogen) atoms. The highest BCUT2D eigenvalue weighted by Crippen LogP contribution is 2.25. The number of hydrogen-bond acceptors (Lipinski definition) is 2. The first-order valence-corrected chi connectivity index (χ1v) is 8.03. The quantitative estimate of drug-likeness (QED) is 0.376. The Morgan fingerprint density at radius 2 is 1.00 bits per heavy atom. The van der Waals surface area contributed by atoms with E-state index < -0.39 is 0 Å². The van der Waals surface area contributed by atoms with E-state index in [-0.39, 0.29) is 0 Å². The van der Waals surface area contributed by atoms with Gasteiger partial charge in [0, 0.05) is 10.8 Å². The molecule has 0 spiro atoms. The van der Waals surface area contributed by atoms with Gasteiger partial charge in [0.15, 0.2) is 0 Å². The van der Waals surface area contributed by atoms with Gasteiger partial charge in [-0.25, -0.2) is 9.97 Å². The third-order valence-electron chi connectivity index (χ3n) is 4.42. The van der Waals surface area contributed by atoms with Crippen molar-refractivity contribution in [2.75, 3.05) is 0 Å². The fraction of sp³-hybridized carbons (Fsp3) is 0. The lowest BCUT2D eigenvalue weighted by atomic mass is 10.1. The van der Waals surface area contributed by atoms with Crippen LogP contribution in [0.2, 0.25) is 0 Å². The number of rotatable bonds is 1. The monoisotopic (exact) mass is 306 g/mol. The van der Waals surface area contributed by atoms with Gasteiger partial charge in [-0.1, -0.05) is 54.6 Å². The number of nitrogens with zero attached hydrogens (tertiary/aromatic N) is 2. The summed E-state index contributed by atoms with van der Waals surface area (Å²) in [5.41, 5.74) is 3.81. The van der Waals surface area contributed by atoms with Gasteiger partial charge < -0.3 is 0 Å². The number of benzene rings is 3. The third-order valence-corrected chi connectivity index (χ3v) is 4.42. The van der Waals surface area contributed by atoms with Gasteiger partial charge in [-0.05, 0) is 41.1 Å². The number of aromatic nitrogens is 2. The Hall–Kier alpha value is -3.26. The maximum absolute atomic E-state index is 4.84. The molecule has 0 aliphatic heterocycles. The predicted molar refractivity (Wildman–Crippen MR) is 100.0 cm³/mol. The van der Waals surface area contributed by atoms with E-state index in [9.17, 15) is 0 Å². The zero-order valence-electron chi connectivity index (χ0n) is 13.0. The van der Waals surface area contributed by atoms with Gasteiger partial charge in [-0.2, -0.15) is 0 Å². The van der Waals surface area contributed by atoms with E-state index in [0.29, 0.717) is 0 Å². The third kappa shape index (κ3) is 2.12.